The summed E-state index contributed by atoms with van der Waals surface area (Å²) in [7, 11) is 0. The summed E-state index contributed by atoms with van der Waals surface area (Å²) in [6.45, 7) is 7.37. The number of hydrogen-bond donors (Lipinski definition) is 1. The van der Waals surface area contributed by atoms with Gasteiger partial charge >= 0.3 is 0 Å². The van der Waals surface area contributed by atoms with E-state index >= 15 is 0 Å². The van der Waals surface area contributed by atoms with Crippen molar-refractivity contribution in [2.24, 2.45) is 0 Å². The highest BCUT2D eigenvalue weighted by Crippen LogP contribution is 2.16. The van der Waals surface area contributed by atoms with Crippen LogP contribution < -0.4 is 5.32 Å². The van der Waals surface area contributed by atoms with E-state index in [1.54, 1.807) is 16.7 Å². The molecular weight excluding hydrogens is 404 g/mol. The number of benzene rings is 2. The summed E-state index contributed by atoms with van der Waals surface area (Å²) in [6.07, 6.45) is 3.34. The number of amides is 2. The number of unbranched alkanes of at least 4 members (excludes halogenated alkanes) is 1. The normalized spacial score (nSPS) is 11.7. The maximum Gasteiger partial charge on any atom is 0.242 e. The second-order valence-electron chi connectivity index (χ2n) is 7.87. The molecule has 1 atom stereocenters. The molecule has 1 N–H and O–H groups in total. The van der Waals surface area contributed by atoms with Crippen LogP contribution in [0.15, 0.2) is 54.6 Å². The van der Waals surface area contributed by atoms with Gasteiger partial charge in [-0.15, -0.1) is 11.8 Å². The third-order valence-corrected chi connectivity index (χ3v) is 6.26. The first kappa shape index (κ1) is 25.0. The van der Waals surface area contributed by atoms with Gasteiger partial charge in [0.05, 0.1) is 5.75 Å². The molecule has 2 amide bonds. The fourth-order valence-corrected chi connectivity index (χ4v) is 4.40. The van der Waals surface area contributed by atoms with Crippen LogP contribution in [0.4, 0.5) is 0 Å². The van der Waals surface area contributed by atoms with Crippen molar-refractivity contribution in [2.75, 3.05) is 18.8 Å². The monoisotopic (exact) mass is 440 g/mol. The Morgan fingerprint density at radius 3 is 2.45 bits per heavy atom. The lowest BCUT2D eigenvalue weighted by Gasteiger charge is -2.30. The number of hydrogen-bond acceptors (Lipinski definition) is 3. The highest BCUT2D eigenvalue weighted by Gasteiger charge is 2.27. The Hall–Kier alpha value is -2.27. The van der Waals surface area contributed by atoms with Gasteiger partial charge in [-0.2, -0.15) is 0 Å². The largest absolute Gasteiger partial charge is 0.354 e. The number of nitrogens with one attached hydrogen (secondary N) is 1. The van der Waals surface area contributed by atoms with Crippen molar-refractivity contribution in [1.29, 1.82) is 0 Å². The first-order valence-corrected chi connectivity index (χ1v) is 12.4. The molecule has 0 unspecified atom stereocenters. The third-order valence-electron chi connectivity index (χ3n) is 5.28. The summed E-state index contributed by atoms with van der Waals surface area (Å²) in [5.41, 5.74) is 3.62. The molecule has 2 aromatic carbocycles. The van der Waals surface area contributed by atoms with Crippen molar-refractivity contribution in [3.8, 4) is 0 Å². The maximum absolute atomic E-state index is 13.2. The number of carbonyl (C=O) groups excluding carboxylic acids is 2. The van der Waals surface area contributed by atoms with Crippen LogP contribution in [-0.4, -0.2) is 41.6 Å². The Morgan fingerprint density at radius 2 is 1.77 bits per heavy atom. The van der Waals surface area contributed by atoms with Gasteiger partial charge in [0.2, 0.25) is 11.8 Å². The summed E-state index contributed by atoms with van der Waals surface area (Å²) >= 11 is 1.61. The predicted octanol–water partition coefficient (Wildman–Crippen LogP) is 4.99. The Morgan fingerprint density at radius 1 is 1.03 bits per heavy atom. The molecular formula is C26H36N2O2S. The van der Waals surface area contributed by atoms with Crippen molar-refractivity contribution in [2.45, 2.75) is 58.2 Å². The predicted molar refractivity (Wildman–Crippen MR) is 131 cm³/mol. The van der Waals surface area contributed by atoms with Crippen molar-refractivity contribution in [3.05, 3.63) is 71.3 Å². The second kappa shape index (κ2) is 13.9. The van der Waals surface area contributed by atoms with Gasteiger partial charge in [0, 0.05) is 18.8 Å². The minimum Gasteiger partial charge on any atom is -0.354 e. The van der Waals surface area contributed by atoms with Gasteiger partial charge < -0.3 is 10.2 Å². The zero-order chi connectivity index (χ0) is 22.5. The van der Waals surface area contributed by atoms with Crippen molar-refractivity contribution in [3.63, 3.8) is 0 Å². The average molecular weight is 441 g/mol. The molecule has 0 fully saturated rings. The Kier molecular flexibility index (Phi) is 11.2. The lowest BCUT2D eigenvalue weighted by atomic mass is 10.1. The van der Waals surface area contributed by atoms with Gasteiger partial charge in [0.15, 0.2) is 0 Å². The van der Waals surface area contributed by atoms with Crippen LogP contribution in [0.3, 0.4) is 0 Å². The van der Waals surface area contributed by atoms with E-state index in [1.165, 1.54) is 16.7 Å². The molecule has 168 valence electrons. The molecule has 0 heterocycles. The smallest absolute Gasteiger partial charge is 0.242 e. The van der Waals surface area contributed by atoms with Crippen LogP contribution in [0.2, 0.25) is 0 Å². The summed E-state index contributed by atoms with van der Waals surface area (Å²) in [4.78, 5) is 27.8. The molecule has 0 aromatic heterocycles. The number of rotatable bonds is 13. The molecule has 5 heteroatoms. The fraction of sp³-hybridized carbons (Fsp3) is 0.462. The minimum absolute atomic E-state index is 0.0334. The molecule has 0 aliphatic heterocycles. The average Bonchev–Trinajstić information content (AvgIpc) is 2.77. The van der Waals surface area contributed by atoms with Crippen LogP contribution in [0.1, 0.15) is 49.8 Å². The van der Waals surface area contributed by atoms with Gasteiger partial charge in [-0.25, -0.2) is 0 Å². The summed E-state index contributed by atoms with van der Waals surface area (Å²) in [5.74, 6) is 1.16. The Labute approximate surface area is 191 Å². The van der Waals surface area contributed by atoms with Crippen LogP contribution in [-0.2, 0) is 21.8 Å². The minimum atomic E-state index is -0.423. The highest BCUT2D eigenvalue weighted by atomic mass is 32.2. The van der Waals surface area contributed by atoms with Crippen LogP contribution in [0, 0.1) is 6.92 Å². The number of carbonyl (C=O) groups is 2. The molecule has 4 nitrogen and oxygen atoms in total. The van der Waals surface area contributed by atoms with E-state index in [4.69, 9.17) is 0 Å². The van der Waals surface area contributed by atoms with Crippen molar-refractivity contribution >= 4 is 23.6 Å². The van der Waals surface area contributed by atoms with E-state index in [1.807, 2.05) is 31.2 Å². The molecule has 0 spiro atoms. The zero-order valence-electron chi connectivity index (χ0n) is 19.1. The lowest BCUT2D eigenvalue weighted by molar-refractivity contribution is -0.138. The number of nitrogens with zero attached hydrogens (tertiary/aromatic N) is 1. The van der Waals surface area contributed by atoms with Gasteiger partial charge in [-0.3, -0.25) is 9.59 Å². The second-order valence-corrected chi connectivity index (χ2v) is 8.86. The Bertz CT molecular complexity index is 810. The zero-order valence-corrected chi connectivity index (χ0v) is 19.9. The lowest BCUT2D eigenvalue weighted by Crippen LogP contribution is -2.50. The van der Waals surface area contributed by atoms with E-state index in [0.717, 1.165) is 25.0 Å². The topological polar surface area (TPSA) is 49.4 Å². The van der Waals surface area contributed by atoms with E-state index in [-0.39, 0.29) is 11.8 Å². The molecule has 0 aliphatic rings. The van der Waals surface area contributed by atoms with Gasteiger partial charge in [0.25, 0.3) is 0 Å². The summed E-state index contributed by atoms with van der Waals surface area (Å²) in [6, 6.07) is 18.1. The molecule has 0 saturated carbocycles. The van der Waals surface area contributed by atoms with Crippen LogP contribution in [0.5, 0.6) is 0 Å². The van der Waals surface area contributed by atoms with E-state index < -0.39 is 6.04 Å². The van der Waals surface area contributed by atoms with Gasteiger partial charge in [-0.1, -0.05) is 80.4 Å². The van der Waals surface area contributed by atoms with Gasteiger partial charge in [-0.05, 0) is 37.3 Å². The number of thioether (sulfide) groups is 1. The summed E-state index contributed by atoms with van der Waals surface area (Å²) in [5, 5.41) is 3.02. The van der Waals surface area contributed by atoms with E-state index in [0.29, 0.717) is 25.3 Å². The standard InChI is InChI=1S/C26H36N2O2S/c1-4-6-16-27-26(30)24(5-2)28(17-15-22-12-8-7-9-13-22)25(29)20-31-19-23-14-10-11-21(3)18-23/h7-14,18,24H,4-6,15-17,19-20H2,1-3H3,(H,27,30)/t24-/m0/s1. The van der Waals surface area contributed by atoms with Crippen LogP contribution in [0.25, 0.3) is 0 Å². The molecule has 0 aliphatic carbocycles. The first-order chi connectivity index (χ1) is 15.0. The van der Waals surface area contributed by atoms with Crippen LogP contribution >= 0.6 is 11.8 Å². The molecule has 2 rings (SSSR count). The number of aryl methyl sites for hydroxylation is 1. The van der Waals surface area contributed by atoms with Gasteiger partial charge in [0.1, 0.15) is 6.04 Å². The van der Waals surface area contributed by atoms with Crippen molar-refractivity contribution in [1.82, 2.24) is 10.2 Å². The fourth-order valence-electron chi connectivity index (χ4n) is 3.54. The Balaban J connectivity index is 2.03. The maximum atomic E-state index is 13.2. The van der Waals surface area contributed by atoms with E-state index in [9.17, 15) is 9.59 Å². The molecule has 0 saturated heterocycles. The quantitative estimate of drug-likeness (QED) is 0.446. The molecule has 0 radical (unpaired) electrons. The SMILES string of the molecule is CCCCNC(=O)[C@H](CC)N(CCc1ccccc1)C(=O)CSCc1cccc(C)c1. The summed E-state index contributed by atoms with van der Waals surface area (Å²) < 4.78 is 0. The molecule has 2 aromatic rings. The van der Waals surface area contributed by atoms with Crippen molar-refractivity contribution < 1.29 is 9.59 Å². The van der Waals surface area contributed by atoms with E-state index in [2.05, 4.69) is 49.5 Å². The first-order valence-electron chi connectivity index (χ1n) is 11.3. The highest BCUT2D eigenvalue weighted by molar-refractivity contribution is 7.99. The molecule has 0 bridgehead atoms. The molecule has 31 heavy (non-hydrogen) atoms. The third kappa shape index (κ3) is 8.78.